The first-order chi connectivity index (χ1) is 11.8. The Morgan fingerprint density at radius 1 is 1.17 bits per heavy atom. The van der Waals surface area contributed by atoms with Crippen LogP contribution in [-0.2, 0) is 0 Å². The third-order valence-electron chi connectivity index (χ3n) is 4.38. The Labute approximate surface area is 140 Å². The van der Waals surface area contributed by atoms with Gasteiger partial charge in [0.05, 0.1) is 23.3 Å². The van der Waals surface area contributed by atoms with Crippen molar-refractivity contribution in [1.29, 1.82) is 5.26 Å². The van der Waals surface area contributed by atoms with E-state index in [4.69, 9.17) is 10.00 Å². The molecule has 0 saturated carbocycles. The maximum Gasteiger partial charge on any atom is 0.138 e. The number of benzene rings is 1. The van der Waals surface area contributed by atoms with E-state index in [1.54, 1.807) is 6.20 Å². The number of hydrogen-bond acceptors (Lipinski definition) is 4. The first kappa shape index (κ1) is 14.7. The first-order valence-corrected chi connectivity index (χ1v) is 8.18. The highest BCUT2D eigenvalue weighted by Gasteiger charge is 2.14. The lowest BCUT2D eigenvalue weighted by molar-refractivity contribution is 0.162. The number of rotatable bonds is 3. The van der Waals surface area contributed by atoms with E-state index in [0.29, 0.717) is 5.56 Å². The summed E-state index contributed by atoms with van der Waals surface area (Å²) in [5.41, 5.74) is 1.70. The molecule has 1 saturated heterocycles. The van der Waals surface area contributed by atoms with E-state index < -0.39 is 0 Å². The molecule has 1 aliphatic rings. The predicted molar refractivity (Wildman–Crippen MR) is 92.3 cm³/mol. The van der Waals surface area contributed by atoms with Gasteiger partial charge in [-0.2, -0.15) is 5.26 Å². The summed E-state index contributed by atoms with van der Waals surface area (Å²) in [5, 5.41) is 13.4. The third-order valence-corrected chi connectivity index (χ3v) is 4.38. The smallest absolute Gasteiger partial charge is 0.138 e. The van der Waals surface area contributed by atoms with E-state index in [2.05, 4.69) is 16.4 Å². The number of ether oxygens (including phenoxy) is 1. The molecular formula is C19H18N4O. The van der Waals surface area contributed by atoms with Crippen LogP contribution in [0.4, 0.5) is 0 Å². The van der Waals surface area contributed by atoms with Crippen LogP contribution < -0.4 is 10.1 Å². The van der Waals surface area contributed by atoms with Gasteiger partial charge in [-0.05, 0) is 62.3 Å². The molecule has 2 aromatic heterocycles. The van der Waals surface area contributed by atoms with Crippen LogP contribution in [0.15, 0.2) is 48.8 Å². The Bertz CT molecular complexity index is 886. The quantitative estimate of drug-likeness (QED) is 0.806. The van der Waals surface area contributed by atoms with Crippen molar-refractivity contribution in [3.8, 4) is 17.6 Å². The SMILES string of the molecule is N#Cc1ccc2c(ccn2-c2ccc(OC3CCNCC3)cn2)c1. The van der Waals surface area contributed by atoms with Gasteiger partial charge in [0, 0.05) is 11.6 Å². The number of aromatic nitrogens is 2. The van der Waals surface area contributed by atoms with Crippen molar-refractivity contribution in [2.45, 2.75) is 18.9 Å². The standard InChI is InChI=1S/C19H18N4O/c20-12-14-1-3-18-15(11-14)7-10-23(18)19-4-2-17(13-22-19)24-16-5-8-21-9-6-16/h1-4,7,10-11,13,16,21H,5-6,8-9H2. The zero-order valence-corrected chi connectivity index (χ0v) is 13.3. The Kier molecular flexibility index (Phi) is 3.89. The Morgan fingerprint density at radius 3 is 2.79 bits per heavy atom. The van der Waals surface area contributed by atoms with Gasteiger partial charge >= 0.3 is 0 Å². The Morgan fingerprint density at radius 2 is 2.04 bits per heavy atom. The molecule has 4 rings (SSSR count). The van der Waals surface area contributed by atoms with Crippen molar-refractivity contribution in [2.24, 2.45) is 0 Å². The van der Waals surface area contributed by atoms with Crippen LogP contribution in [-0.4, -0.2) is 28.7 Å². The van der Waals surface area contributed by atoms with Crippen molar-refractivity contribution in [3.63, 3.8) is 0 Å². The van der Waals surface area contributed by atoms with Gasteiger partial charge in [0.1, 0.15) is 17.7 Å². The summed E-state index contributed by atoms with van der Waals surface area (Å²) in [6.45, 7) is 2.02. The van der Waals surface area contributed by atoms with Crippen LogP contribution in [0.5, 0.6) is 5.75 Å². The maximum absolute atomic E-state index is 9.00. The summed E-state index contributed by atoms with van der Waals surface area (Å²) in [5.74, 6) is 1.65. The van der Waals surface area contributed by atoms with Gasteiger partial charge in [-0.1, -0.05) is 0 Å². The summed E-state index contributed by atoms with van der Waals surface area (Å²) in [7, 11) is 0. The van der Waals surface area contributed by atoms with Crippen molar-refractivity contribution in [2.75, 3.05) is 13.1 Å². The maximum atomic E-state index is 9.00. The highest BCUT2D eigenvalue weighted by Crippen LogP contribution is 2.22. The highest BCUT2D eigenvalue weighted by molar-refractivity contribution is 5.83. The minimum Gasteiger partial charge on any atom is -0.489 e. The lowest BCUT2D eigenvalue weighted by Crippen LogP contribution is -2.34. The zero-order chi connectivity index (χ0) is 16.4. The molecule has 0 atom stereocenters. The number of pyridine rings is 1. The lowest BCUT2D eigenvalue weighted by atomic mass is 10.1. The van der Waals surface area contributed by atoms with Crippen molar-refractivity contribution in [1.82, 2.24) is 14.9 Å². The summed E-state index contributed by atoms with van der Waals surface area (Å²) >= 11 is 0. The number of piperidine rings is 1. The third kappa shape index (κ3) is 2.84. The van der Waals surface area contributed by atoms with Crippen molar-refractivity contribution in [3.05, 3.63) is 54.4 Å². The van der Waals surface area contributed by atoms with Gasteiger partial charge < -0.3 is 14.6 Å². The molecule has 3 aromatic rings. The fourth-order valence-electron chi connectivity index (χ4n) is 3.10. The number of fused-ring (bicyclic) bond motifs is 1. The summed E-state index contributed by atoms with van der Waals surface area (Å²) < 4.78 is 8.02. The van der Waals surface area contributed by atoms with Crippen LogP contribution in [0.25, 0.3) is 16.7 Å². The molecule has 1 aliphatic heterocycles. The summed E-state index contributed by atoms with van der Waals surface area (Å²) in [6, 6.07) is 13.8. The first-order valence-electron chi connectivity index (χ1n) is 8.18. The molecule has 120 valence electrons. The second kappa shape index (κ2) is 6.34. The molecule has 1 aromatic carbocycles. The summed E-state index contributed by atoms with van der Waals surface area (Å²) in [6.07, 6.45) is 6.10. The molecular weight excluding hydrogens is 300 g/mol. The Hall–Kier alpha value is -2.84. The minimum atomic E-state index is 0.274. The number of nitrogens with zero attached hydrogens (tertiary/aromatic N) is 3. The van der Waals surface area contributed by atoms with Crippen molar-refractivity contribution >= 4 is 10.9 Å². The monoisotopic (exact) mass is 318 g/mol. The van der Waals surface area contributed by atoms with Gasteiger partial charge in [-0.25, -0.2) is 4.98 Å². The molecule has 0 spiro atoms. The zero-order valence-electron chi connectivity index (χ0n) is 13.3. The average molecular weight is 318 g/mol. The lowest BCUT2D eigenvalue weighted by Gasteiger charge is -2.23. The van der Waals surface area contributed by atoms with Gasteiger partial charge in [0.15, 0.2) is 0 Å². The van der Waals surface area contributed by atoms with E-state index in [1.165, 1.54) is 0 Å². The largest absolute Gasteiger partial charge is 0.489 e. The van der Waals surface area contributed by atoms with E-state index >= 15 is 0 Å². The molecule has 0 aliphatic carbocycles. The number of hydrogen-bond donors (Lipinski definition) is 1. The van der Waals surface area contributed by atoms with Gasteiger partial charge in [0.2, 0.25) is 0 Å². The van der Waals surface area contributed by atoms with E-state index in [9.17, 15) is 0 Å². The van der Waals surface area contributed by atoms with Gasteiger partial charge in [0.25, 0.3) is 0 Å². The van der Waals surface area contributed by atoms with Crippen LogP contribution in [0.1, 0.15) is 18.4 Å². The normalized spacial score (nSPS) is 15.3. The van der Waals surface area contributed by atoms with Crippen LogP contribution in [0, 0.1) is 11.3 Å². The van der Waals surface area contributed by atoms with Gasteiger partial charge in [-0.3, -0.25) is 0 Å². The molecule has 0 unspecified atom stereocenters. The molecule has 24 heavy (non-hydrogen) atoms. The highest BCUT2D eigenvalue weighted by atomic mass is 16.5. The molecule has 0 bridgehead atoms. The second-order valence-corrected chi connectivity index (χ2v) is 5.99. The molecule has 0 radical (unpaired) electrons. The second-order valence-electron chi connectivity index (χ2n) is 5.99. The minimum absolute atomic E-state index is 0.274. The molecule has 5 heteroatoms. The Balaban J connectivity index is 1.57. The van der Waals surface area contributed by atoms with Crippen LogP contribution in [0.2, 0.25) is 0 Å². The fraction of sp³-hybridized carbons (Fsp3) is 0.263. The number of nitrogens with one attached hydrogen (secondary N) is 1. The van der Waals surface area contributed by atoms with Crippen LogP contribution in [0.3, 0.4) is 0 Å². The van der Waals surface area contributed by atoms with Crippen molar-refractivity contribution < 1.29 is 4.74 Å². The molecule has 0 amide bonds. The fourth-order valence-corrected chi connectivity index (χ4v) is 3.10. The van der Waals surface area contributed by atoms with Crippen LogP contribution >= 0.6 is 0 Å². The molecule has 1 fully saturated rings. The van der Waals surface area contributed by atoms with E-state index in [0.717, 1.165) is 48.4 Å². The molecule has 3 heterocycles. The summed E-state index contributed by atoms with van der Waals surface area (Å²) in [4.78, 5) is 4.54. The van der Waals surface area contributed by atoms with E-state index in [-0.39, 0.29) is 6.10 Å². The topological polar surface area (TPSA) is 62.9 Å². The van der Waals surface area contributed by atoms with Gasteiger partial charge in [-0.15, -0.1) is 0 Å². The van der Waals surface area contributed by atoms with E-state index in [1.807, 2.05) is 47.2 Å². The predicted octanol–water partition coefficient (Wildman–Crippen LogP) is 3.03. The molecule has 5 nitrogen and oxygen atoms in total. The molecule has 1 N–H and O–H groups in total. The average Bonchev–Trinajstić information content (AvgIpc) is 3.06. The number of nitriles is 1.